The van der Waals surface area contributed by atoms with Gasteiger partial charge in [-0.25, -0.2) is 5.43 Å². The van der Waals surface area contributed by atoms with E-state index in [1.807, 2.05) is 24.4 Å². The lowest BCUT2D eigenvalue weighted by Crippen LogP contribution is -2.34. The van der Waals surface area contributed by atoms with Crippen LogP contribution < -0.4 is 10.9 Å². The molecular formula is C12H15N3O. The molecule has 1 aromatic carbocycles. The maximum Gasteiger partial charge on any atom is 0.234 e. The van der Waals surface area contributed by atoms with Gasteiger partial charge in [0, 0.05) is 30.6 Å². The number of aryl methyl sites for hydroxylation is 1. The van der Waals surface area contributed by atoms with Gasteiger partial charge >= 0.3 is 0 Å². The molecule has 1 heterocycles. The van der Waals surface area contributed by atoms with E-state index in [9.17, 15) is 4.79 Å². The number of aromatic nitrogens is 1. The number of amides is 1. The number of rotatable bonds is 4. The summed E-state index contributed by atoms with van der Waals surface area (Å²) >= 11 is 0. The molecule has 0 spiro atoms. The summed E-state index contributed by atoms with van der Waals surface area (Å²) in [5.74, 6) is 0.00720. The molecule has 0 unspecified atom stereocenters. The van der Waals surface area contributed by atoms with E-state index in [4.69, 9.17) is 0 Å². The van der Waals surface area contributed by atoms with Crippen molar-refractivity contribution in [3.8, 4) is 0 Å². The first-order valence-corrected chi connectivity index (χ1v) is 5.32. The molecule has 0 saturated heterocycles. The van der Waals surface area contributed by atoms with E-state index in [-0.39, 0.29) is 5.91 Å². The van der Waals surface area contributed by atoms with Crippen LogP contribution in [0.1, 0.15) is 12.0 Å². The second-order valence-corrected chi connectivity index (χ2v) is 3.66. The van der Waals surface area contributed by atoms with Gasteiger partial charge in [-0.3, -0.25) is 10.2 Å². The molecule has 2 rings (SSSR count). The summed E-state index contributed by atoms with van der Waals surface area (Å²) < 4.78 is 0. The van der Waals surface area contributed by atoms with Crippen LogP contribution in [0.15, 0.2) is 30.5 Å². The van der Waals surface area contributed by atoms with Crippen molar-refractivity contribution in [2.45, 2.75) is 12.8 Å². The number of hydrogen-bond donors (Lipinski definition) is 3. The minimum absolute atomic E-state index is 0.00720. The fourth-order valence-corrected chi connectivity index (χ4v) is 1.79. The van der Waals surface area contributed by atoms with E-state index >= 15 is 0 Å². The summed E-state index contributed by atoms with van der Waals surface area (Å²) in [6, 6.07) is 8.10. The van der Waals surface area contributed by atoms with Crippen LogP contribution >= 0.6 is 0 Å². The highest BCUT2D eigenvalue weighted by molar-refractivity contribution is 5.84. The maximum absolute atomic E-state index is 11.3. The van der Waals surface area contributed by atoms with Crippen molar-refractivity contribution in [1.82, 2.24) is 15.8 Å². The highest BCUT2D eigenvalue weighted by Crippen LogP contribution is 2.18. The van der Waals surface area contributed by atoms with Crippen LogP contribution in [0.25, 0.3) is 10.9 Å². The van der Waals surface area contributed by atoms with Crippen LogP contribution in [-0.2, 0) is 11.2 Å². The molecule has 0 saturated carbocycles. The topological polar surface area (TPSA) is 56.9 Å². The SMILES string of the molecule is CNNC(=O)CCc1c[nH]c2ccccc12. The molecular weight excluding hydrogens is 202 g/mol. The smallest absolute Gasteiger partial charge is 0.234 e. The summed E-state index contributed by atoms with van der Waals surface area (Å²) in [4.78, 5) is 14.5. The number of hydrazine groups is 1. The molecule has 0 aliphatic carbocycles. The summed E-state index contributed by atoms with van der Waals surface area (Å²) in [6.45, 7) is 0. The van der Waals surface area contributed by atoms with Crippen molar-refractivity contribution in [3.63, 3.8) is 0 Å². The van der Waals surface area contributed by atoms with E-state index in [1.54, 1.807) is 7.05 Å². The third kappa shape index (κ3) is 2.23. The summed E-state index contributed by atoms with van der Waals surface area (Å²) in [6.07, 6.45) is 3.21. The van der Waals surface area contributed by atoms with Gasteiger partial charge in [0.05, 0.1) is 0 Å². The van der Waals surface area contributed by atoms with Crippen LogP contribution in [0.5, 0.6) is 0 Å². The van der Waals surface area contributed by atoms with Crippen molar-refractivity contribution in [2.75, 3.05) is 7.05 Å². The Morgan fingerprint density at radius 3 is 3.00 bits per heavy atom. The number of fused-ring (bicyclic) bond motifs is 1. The fraction of sp³-hybridized carbons (Fsp3) is 0.250. The third-order valence-corrected chi connectivity index (χ3v) is 2.56. The average Bonchev–Trinajstić information content (AvgIpc) is 2.70. The monoisotopic (exact) mass is 217 g/mol. The molecule has 2 aromatic rings. The van der Waals surface area contributed by atoms with Crippen LogP contribution in [-0.4, -0.2) is 17.9 Å². The minimum atomic E-state index is 0.00720. The fourth-order valence-electron chi connectivity index (χ4n) is 1.79. The molecule has 1 aromatic heterocycles. The molecule has 0 atom stereocenters. The van der Waals surface area contributed by atoms with E-state index < -0.39 is 0 Å². The zero-order valence-electron chi connectivity index (χ0n) is 9.21. The first kappa shape index (κ1) is 10.7. The number of carbonyl (C=O) groups is 1. The van der Waals surface area contributed by atoms with Gasteiger partial charge in [-0.2, -0.15) is 0 Å². The molecule has 0 aliphatic heterocycles. The molecule has 4 nitrogen and oxygen atoms in total. The quantitative estimate of drug-likeness (QED) is 0.677. The van der Waals surface area contributed by atoms with E-state index in [2.05, 4.69) is 21.9 Å². The van der Waals surface area contributed by atoms with Gasteiger partial charge in [0.2, 0.25) is 5.91 Å². The van der Waals surface area contributed by atoms with Gasteiger partial charge in [0.15, 0.2) is 0 Å². The van der Waals surface area contributed by atoms with E-state index in [0.29, 0.717) is 6.42 Å². The Labute approximate surface area is 94.0 Å². The molecule has 4 heteroatoms. The number of hydrogen-bond acceptors (Lipinski definition) is 2. The average molecular weight is 217 g/mol. The molecule has 16 heavy (non-hydrogen) atoms. The standard InChI is InChI=1S/C12H15N3O/c1-13-15-12(16)7-6-9-8-14-11-5-3-2-4-10(9)11/h2-5,8,13-14H,6-7H2,1H3,(H,15,16). The van der Waals surface area contributed by atoms with Gasteiger partial charge in [-0.05, 0) is 18.1 Å². The van der Waals surface area contributed by atoms with Gasteiger partial charge in [0.25, 0.3) is 0 Å². The molecule has 0 aliphatic rings. The Kier molecular flexibility index (Phi) is 3.22. The third-order valence-electron chi connectivity index (χ3n) is 2.56. The van der Waals surface area contributed by atoms with Crippen molar-refractivity contribution in [2.24, 2.45) is 0 Å². The molecule has 3 N–H and O–H groups in total. The predicted octanol–water partition coefficient (Wildman–Crippen LogP) is 1.35. The zero-order valence-corrected chi connectivity index (χ0v) is 9.21. The highest BCUT2D eigenvalue weighted by atomic mass is 16.2. The Morgan fingerprint density at radius 2 is 2.19 bits per heavy atom. The normalized spacial score (nSPS) is 10.6. The number of nitrogens with one attached hydrogen (secondary N) is 3. The molecule has 0 fully saturated rings. The first-order valence-electron chi connectivity index (χ1n) is 5.32. The molecule has 0 radical (unpaired) electrons. The predicted molar refractivity (Wildman–Crippen MR) is 63.8 cm³/mol. The number of carbonyl (C=O) groups excluding carboxylic acids is 1. The number of aromatic amines is 1. The van der Waals surface area contributed by atoms with E-state index in [0.717, 1.165) is 11.9 Å². The van der Waals surface area contributed by atoms with Crippen molar-refractivity contribution < 1.29 is 4.79 Å². The van der Waals surface area contributed by atoms with Crippen LogP contribution in [0, 0.1) is 0 Å². The number of H-pyrrole nitrogens is 1. The van der Waals surface area contributed by atoms with Gasteiger partial charge in [-0.1, -0.05) is 18.2 Å². The zero-order chi connectivity index (χ0) is 11.4. The van der Waals surface area contributed by atoms with E-state index in [1.165, 1.54) is 10.9 Å². The lowest BCUT2D eigenvalue weighted by Gasteiger charge is -2.01. The first-order chi connectivity index (χ1) is 7.81. The molecule has 1 amide bonds. The highest BCUT2D eigenvalue weighted by Gasteiger charge is 2.05. The number of para-hydroxylation sites is 1. The lowest BCUT2D eigenvalue weighted by atomic mass is 10.1. The Hall–Kier alpha value is -1.81. The second-order valence-electron chi connectivity index (χ2n) is 3.66. The van der Waals surface area contributed by atoms with Crippen LogP contribution in [0.4, 0.5) is 0 Å². The molecule has 84 valence electrons. The molecule has 0 bridgehead atoms. The van der Waals surface area contributed by atoms with Gasteiger partial charge in [0.1, 0.15) is 0 Å². The largest absolute Gasteiger partial charge is 0.361 e. The number of benzene rings is 1. The summed E-state index contributed by atoms with van der Waals surface area (Å²) in [5, 5.41) is 1.19. The van der Waals surface area contributed by atoms with Crippen LogP contribution in [0.2, 0.25) is 0 Å². The van der Waals surface area contributed by atoms with Gasteiger partial charge < -0.3 is 4.98 Å². The summed E-state index contributed by atoms with van der Waals surface area (Å²) in [5.41, 5.74) is 7.48. The van der Waals surface area contributed by atoms with Crippen molar-refractivity contribution in [1.29, 1.82) is 0 Å². The maximum atomic E-state index is 11.3. The van der Waals surface area contributed by atoms with Crippen LogP contribution in [0.3, 0.4) is 0 Å². The van der Waals surface area contributed by atoms with Crippen molar-refractivity contribution in [3.05, 3.63) is 36.0 Å². The lowest BCUT2D eigenvalue weighted by molar-refractivity contribution is -0.121. The Morgan fingerprint density at radius 1 is 1.38 bits per heavy atom. The van der Waals surface area contributed by atoms with Gasteiger partial charge in [-0.15, -0.1) is 0 Å². The Balaban J connectivity index is 2.07. The summed E-state index contributed by atoms with van der Waals surface area (Å²) in [7, 11) is 1.68. The Bertz CT molecular complexity index is 490. The second kappa shape index (κ2) is 4.81. The minimum Gasteiger partial charge on any atom is -0.361 e. The van der Waals surface area contributed by atoms with Crippen molar-refractivity contribution >= 4 is 16.8 Å².